The smallest absolute Gasteiger partial charge is 0.408 e. The number of imide groups is 1. The number of anilines is 1. The number of carbonyl (C=O) groups excluding carboxylic acids is 3. The molecule has 0 spiro atoms. The maximum absolute atomic E-state index is 13.4. The van der Waals surface area contributed by atoms with Crippen molar-refractivity contribution in [1.29, 1.82) is 0 Å². The maximum atomic E-state index is 13.4. The number of aliphatic hydroxyl groups is 1. The lowest BCUT2D eigenvalue weighted by Gasteiger charge is -2.41. The largest absolute Gasteiger partial charge is 0.445 e. The Hall–Kier alpha value is -4.63. The van der Waals surface area contributed by atoms with Crippen molar-refractivity contribution in [2.24, 2.45) is 13.0 Å². The fraction of sp³-hybridized carbons (Fsp3) is 0.333. The highest BCUT2D eigenvalue weighted by atomic mass is 32.2. The first-order chi connectivity index (χ1) is 22.8. The third kappa shape index (κ3) is 7.36. The van der Waals surface area contributed by atoms with Crippen molar-refractivity contribution >= 4 is 35.4 Å². The number of nitrogens with one attached hydrogen (secondary N) is 1. The summed E-state index contributed by atoms with van der Waals surface area (Å²) in [5.74, 6) is -0.542. The number of aliphatic hydroxyl groups excluding tert-OH is 1. The van der Waals surface area contributed by atoms with Gasteiger partial charge in [-0.15, -0.1) is 5.10 Å². The number of hydrogen-bond acceptors (Lipinski definition) is 11. The van der Waals surface area contributed by atoms with Crippen molar-refractivity contribution in [2.45, 2.75) is 56.3 Å². The van der Waals surface area contributed by atoms with E-state index in [1.165, 1.54) is 11.8 Å². The fourth-order valence-corrected chi connectivity index (χ4v) is 6.56. The first-order valence-corrected chi connectivity index (χ1v) is 16.1. The SMILES string of the molecule is C[C@@H]1[C@H](CSc2nnnn2C)O[C@H](c2cccc(N3C(=O)CC(NC(=O)OCc4ccccc4)C3=O)c2)O[C@@H]1c1ccc(CO)cc1. The first-order valence-electron chi connectivity index (χ1n) is 15.1. The number of aromatic nitrogens is 4. The van der Waals surface area contributed by atoms with Gasteiger partial charge in [0.05, 0.1) is 30.9 Å². The van der Waals surface area contributed by atoms with Crippen molar-refractivity contribution in [1.82, 2.24) is 25.5 Å². The van der Waals surface area contributed by atoms with Crippen LogP contribution in [0.1, 0.15) is 48.0 Å². The molecule has 3 heterocycles. The van der Waals surface area contributed by atoms with Gasteiger partial charge in [-0.2, -0.15) is 0 Å². The summed E-state index contributed by atoms with van der Waals surface area (Å²) in [5, 5.41) is 24.4. The minimum atomic E-state index is -1.06. The van der Waals surface area contributed by atoms with Crippen LogP contribution in [0.4, 0.5) is 10.5 Å². The summed E-state index contributed by atoms with van der Waals surface area (Å²) >= 11 is 1.47. The molecule has 2 aliphatic heterocycles. The predicted octanol–water partition coefficient (Wildman–Crippen LogP) is 3.84. The van der Waals surface area contributed by atoms with Gasteiger partial charge in [0.25, 0.3) is 5.91 Å². The standard InChI is InChI=1S/C33H34N6O7S/c1-20-27(19-47-32-35-36-37-38(32)2)45-31(46-29(20)23-13-11-21(17-40)12-14-23)24-9-6-10-25(15-24)39-28(41)16-26(30(39)42)34-33(43)44-18-22-7-4-3-5-8-22/h3-15,20,26-27,29,31,40H,16-19H2,1-2H3,(H,34,43)/t20-,26?,27+,29+,31+/m1/s1. The molecular weight excluding hydrogens is 624 g/mol. The molecule has 3 aromatic carbocycles. The number of thioether (sulfide) groups is 1. The van der Waals surface area contributed by atoms with Gasteiger partial charge < -0.3 is 24.6 Å². The van der Waals surface area contributed by atoms with Crippen LogP contribution in [0, 0.1) is 5.92 Å². The van der Waals surface area contributed by atoms with Crippen LogP contribution in [0.15, 0.2) is 84.0 Å². The van der Waals surface area contributed by atoms with Crippen molar-refractivity contribution < 1.29 is 33.7 Å². The van der Waals surface area contributed by atoms with Crippen LogP contribution in [-0.4, -0.2) is 61.1 Å². The van der Waals surface area contributed by atoms with Gasteiger partial charge in [0.1, 0.15) is 12.6 Å². The number of tetrazole rings is 1. The normalized spacial score (nSPS) is 22.8. The molecule has 0 radical (unpaired) electrons. The number of aryl methyl sites for hydroxylation is 1. The summed E-state index contributed by atoms with van der Waals surface area (Å²) in [4.78, 5) is 39.9. The minimum Gasteiger partial charge on any atom is -0.445 e. The highest BCUT2D eigenvalue weighted by Crippen LogP contribution is 2.43. The zero-order valence-corrected chi connectivity index (χ0v) is 26.6. The average molecular weight is 659 g/mol. The fourth-order valence-electron chi connectivity index (χ4n) is 5.54. The monoisotopic (exact) mass is 658 g/mol. The molecule has 1 aromatic heterocycles. The minimum absolute atomic E-state index is 0.0366. The number of amides is 3. The Bertz CT molecular complexity index is 1720. The number of rotatable bonds is 10. The predicted molar refractivity (Wildman–Crippen MR) is 170 cm³/mol. The van der Waals surface area contributed by atoms with Crippen molar-refractivity contribution in [3.05, 3.63) is 101 Å². The van der Waals surface area contributed by atoms with Gasteiger partial charge in [0.15, 0.2) is 6.29 Å². The molecule has 2 saturated heterocycles. The molecule has 0 saturated carbocycles. The highest BCUT2D eigenvalue weighted by molar-refractivity contribution is 7.99. The van der Waals surface area contributed by atoms with E-state index in [-0.39, 0.29) is 37.8 Å². The molecule has 47 heavy (non-hydrogen) atoms. The molecule has 3 amide bonds. The van der Waals surface area contributed by atoms with Gasteiger partial charge in [0.2, 0.25) is 11.1 Å². The second-order valence-electron chi connectivity index (χ2n) is 11.3. The molecule has 5 atom stereocenters. The molecule has 4 aromatic rings. The molecule has 0 bridgehead atoms. The Kier molecular flexibility index (Phi) is 9.92. The van der Waals surface area contributed by atoms with E-state index >= 15 is 0 Å². The van der Waals surface area contributed by atoms with Crippen LogP contribution < -0.4 is 10.2 Å². The van der Waals surface area contributed by atoms with E-state index in [0.29, 0.717) is 22.2 Å². The van der Waals surface area contributed by atoms with Gasteiger partial charge in [0, 0.05) is 24.3 Å². The molecule has 1 unspecified atom stereocenters. The van der Waals surface area contributed by atoms with Gasteiger partial charge >= 0.3 is 6.09 Å². The molecule has 2 aliphatic rings. The summed E-state index contributed by atoms with van der Waals surface area (Å²) in [6.07, 6.45) is -2.45. The van der Waals surface area contributed by atoms with Crippen LogP contribution in [0.5, 0.6) is 0 Å². The van der Waals surface area contributed by atoms with E-state index in [1.54, 1.807) is 29.9 Å². The molecule has 14 heteroatoms. The summed E-state index contributed by atoms with van der Waals surface area (Å²) in [7, 11) is 1.77. The van der Waals surface area contributed by atoms with Gasteiger partial charge in [-0.05, 0) is 39.2 Å². The number of carbonyl (C=O) groups is 3. The van der Waals surface area contributed by atoms with Crippen LogP contribution in [0.25, 0.3) is 0 Å². The lowest BCUT2D eigenvalue weighted by Crippen LogP contribution is -2.42. The van der Waals surface area contributed by atoms with E-state index in [1.807, 2.05) is 60.7 Å². The van der Waals surface area contributed by atoms with Crippen molar-refractivity contribution in [3.63, 3.8) is 0 Å². The molecule has 13 nitrogen and oxygen atoms in total. The van der Waals surface area contributed by atoms with Crippen LogP contribution in [0.3, 0.4) is 0 Å². The summed E-state index contributed by atoms with van der Waals surface area (Å²) in [6.45, 7) is 2.02. The van der Waals surface area contributed by atoms with Gasteiger partial charge in [-0.3, -0.25) is 9.59 Å². The molecule has 2 N–H and O–H groups in total. The topological polar surface area (TPSA) is 158 Å². The Labute approximate surface area is 275 Å². The van der Waals surface area contributed by atoms with E-state index in [9.17, 15) is 19.5 Å². The van der Waals surface area contributed by atoms with E-state index in [4.69, 9.17) is 14.2 Å². The molecular formula is C33H34N6O7S. The Balaban J connectivity index is 1.18. The molecule has 0 aliphatic carbocycles. The summed E-state index contributed by atoms with van der Waals surface area (Å²) in [5.41, 5.74) is 3.46. The zero-order chi connectivity index (χ0) is 32.9. The Morgan fingerprint density at radius 2 is 1.81 bits per heavy atom. The average Bonchev–Trinajstić information content (AvgIpc) is 3.63. The Morgan fingerprint density at radius 1 is 1.02 bits per heavy atom. The molecule has 6 rings (SSSR count). The van der Waals surface area contributed by atoms with Crippen molar-refractivity contribution in [2.75, 3.05) is 10.7 Å². The van der Waals surface area contributed by atoms with Crippen LogP contribution in [0.2, 0.25) is 0 Å². The summed E-state index contributed by atoms with van der Waals surface area (Å²) in [6, 6.07) is 22.6. The first kappa shape index (κ1) is 32.3. The quantitative estimate of drug-likeness (QED) is 0.188. The number of nitrogens with zero attached hydrogens (tertiary/aromatic N) is 5. The third-order valence-corrected chi connectivity index (χ3v) is 9.23. The van der Waals surface area contributed by atoms with Crippen LogP contribution in [-0.2, 0) is 44.1 Å². The second-order valence-corrected chi connectivity index (χ2v) is 12.3. The van der Waals surface area contributed by atoms with Crippen molar-refractivity contribution in [3.8, 4) is 0 Å². The lowest BCUT2D eigenvalue weighted by molar-refractivity contribution is -0.268. The molecule has 244 valence electrons. The van der Waals surface area contributed by atoms with E-state index in [0.717, 1.165) is 21.6 Å². The second kappa shape index (κ2) is 14.4. The highest BCUT2D eigenvalue weighted by Gasteiger charge is 2.42. The van der Waals surface area contributed by atoms with Gasteiger partial charge in [-0.1, -0.05) is 85.4 Å². The number of hydrogen-bond donors (Lipinski definition) is 2. The molecule has 2 fully saturated rings. The summed E-state index contributed by atoms with van der Waals surface area (Å²) < 4.78 is 19.9. The van der Waals surface area contributed by atoms with E-state index in [2.05, 4.69) is 27.8 Å². The third-order valence-electron chi connectivity index (χ3n) is 8.13. The maximum Gasteiger partial charge on any atom is 0.408 e. The zero-order valence-electron chi connectivity index (χ0n) is 25.8. The van der Waals surface area contributed by atoms with Crippen LogP contribution >= 0.6 is 11.8 Å². The number of benzene rings is 3. The number of ether oxygens (including phenoxy) is 3. The lowest BCUT2D eigenvalue weighted by atomic mass is 9.91. The van der Waals surface area contributed by atoms with E-state index < -0.39 is 30.2 Å². The van der Waals surface area contributed by atoms with Gasteiger partial charge in [-0.25, -0.2) is 14.4 Å². The Morgan fingerprint density at radius 3 is 2.53 bits per heavy atom. The number of alkyl carbamates (subject to hydrolysis) is 1.